The third kappa shape index (κ3) is 3.63. The number of hydrogen-bond acceptors (Lipinski definition) is 4. The molecule has 16 heavy (non-hydrogen) atoms. The predicted molar refractivity (Wildman–Crippen MR) is 57.1 cm³/mol. The summed E-state index contributed by atoms with van der Waals surface area (Å²) in [6.07, 6.45) is 1.46. The van der Waals surface area contributed by atoms with Crippen molar-refractivity contribution in [2.24, 2.45) is 0 Å². The van der Waals surface area contributed by atoms with E-state index in [1.165, 1.54) is 12.3 Å². The van der Waals surface area contributed by atoms with Crippen molar-refractivity contribution in [1.29, 1.82) is 0 Å². The van der Waals surface area contributed by atoms with Gasteiger partial charge < -0.3 is 5.32 Å². The Morgan fingerprint density at radius 2 is 2.31 bits per heavy atom. The van der Waals surface area contributed by atoms with E-state index in [1.54, 1.807) is 6.92 Å². The number of carbonyl (C=O) groups is 1. The molecule has 0 fully saturated rings. The van der Waals surface area contributed by atoms with Gasteiger partial charge in [0.25, 0.3) is 10.0 Å². The minimum Gasteiger partial charge on any atom is -0.356 e. The Kier molecular flexibility index (Phi) is 4.44. The van der Waals surface area contributed by atoms with Gasteiger partial charge in [-0.25, -0.2) is 13.1 Å². The molecule has 0 aliphatic carbocycles. The fourth-order valence-corrected chi connectivity index (χ4v) is 1.99. The van der Waals surface area contributed by atoms with Crippen molar-refractivity contribution >= 4 is 15.9 Å². The van der Waals surface area contributed by atoms with Crippen LogP contribution in [0.5, 0.6) is 0 Å². The Hall–Kier alpha value is -1.41. The lowest BCUT2D eigenvalue weighted by Crippen LogP contribution is -2.30. The van der Waals surface area contributed by atoms with Gasteiger partial charge in [0.2, 0.25) is 5.91 Å². The first kappa shape index (κ1) is 12.7. The fraction of sp³-hybridized carbons (Fsp3) is 0.500. The highest BCUT2D eigenvalue weighted by Gasteiger charge is 2.14. The molecule has 0 saturated carbocycles. The summed E-state index contributed by atoms with van der Waals surface area (Å²) in [5, 5.41) is 8.44. The molecule has 0 atom stereocenters. The largest absolute Gasteiger partial charge is 0.356 e. The summed E-state index contributed by atoms with van der Waals surface area (Å²) >= 11 is 0. The van der Waals surface area contributed by atoms with E-state index in [4.69, 9.17) is 0 Å². The van der Waals surface area contributed by atoms with Crippen molar-refractivity contribution in [3.05, 3.63) is 12.3 Å². The Labute approximate surface area is 93.7 Å². The van der Waals surface area contributed by atoms with E-state index in [2.05, 4.69) is 20.2 Å². The molecular weight excluding hydrogens is 232 g/mol. The Morgan fingerprint density at radius 1 is 1.56 bits per heavy atom. The molecule has 1 aromatic rings. The normalized spacial score (nSPS) is 11.3. The molecule has 0 aromatic carbocycles. The number of H-pyrrole nitrogens is 1. The first-order valence-electron chi connectivity index (χ1n) is 4.82. The topological polar surface area (TPSA) is 104 Å². The minimum absolute atomic E-state index is 0.0107. The lowest BCUT2D eigenvalue weighted by Gasteiger charge is -2.04. The van der Waals surface area contributed by atoms with E-state index in [9.17, 15) is 13.2 Å². The number of rotatable bonds is 6. The molecule has 0 spiro atoms. The lowest BCUT2D eigenvalue weighted by atomic mass is 10.4. The Bertz CT molecular complexity index is 426. The van der Waals surface area contributed by atoms with Gasteiger partial charge in [0, 0.05) is 19.5 Å². The first-order valence-corrected chi connectivity index (χ1v) is 6.30. The molecule has 1 amide bonds. The molecule has 8 heteroatoms. The number of aromatic nitrogens is 2. The highest BCUT2D eigenvalue weighted by Crippen LogP contribution is 2.01. The van der Waals surface area contributed by atoms with Crippen LogP contribution in [-0.2, 0) is 14.8 Å². The number of nitrogens with one attached hydrogen (secondary N) is 3. The lowest BCUT2D eigenvalue weighted by molar-refractivity contribution is -0.120. The maximum absolute atomic E-state index is 11.5. The van der Waals surface area contributed by atoms with Crippen LogP contribution in [0.3, 0.4) is 0 Å². The number of nitrogens with zero attached hydrogens (tertiary/aromatic N) is 1. The molecule has 0 aliphatic rings. The van der Waals surface area contributed by atoms with Crippen molar-refractivity contribution < 1.29 is 13.2 Å². The zero-order valence-electron chi connectivity index (χ0n) is 8.86. The molecule has 0 radical (unpaired) electrons. The predicted octanol–water partition coefficient (Wildman–Crippen LogP) is -0.786. The fourth-order valence-electron chi connectivity index (χ4n) is 1.06. The van der Waals surface area contributed by atoms with Gasteiger partial charge >= 0.3 is 0 Å². The van der Waals surface area contributed by atoms with Crippen molar-refractivity contribution in [3.63, 3.8) is 0 Å². The highest BCUT2D eigenvalue weighted by atomic mass is 32.2. The van der Waals surface area contributed by atoms with Crippen molar-refractivity contribution in [2.45, 2.75) is 18.4 Å². The van der Waals surface area contributed by atoms with E-state index >= 15 is 0 Å². The van der Waals surface area contributed by atoms with Crippen LogP contribution in [0.25, 0.3) is 0 Å². The summed E-state index contributed by atoms with van der Waals surface area (Å²) in [7, 11) is -3.58. The smallest absolute Gasteiger partial charge is 0.257 e. The van der Waals surface area contributed by atoms with Gasteiger partial charge in [-0.3, -0.25) is 9.89 Å². The van der Waals surface area contributed by atoms with Crippen LogP contribution < -0.4 is 10.0 Å². The molecule has 90 valence electrons. The van der Waals surface area contributed by atoms with Crippen molar-refractivity contribution in [1.82, 2.24) is 20.2 Å². The Balaban J connectivity index is 2.41. The van der Waals surface area contributed by atoms with Crippen LogP contribution in [0.4, 0.5) is 0 Å². The second-order valence-corrected chi connectivity index (χ2v) is 4.76. The average Bonchev–Trinajstić information content (AvgIpc) is 2.71. The average molecular weight is 246 g/mol. The monoisotopic (exact) mass is 246 g/mol. The van der Waals surface area contributed by atoms with Crippen LogP contribution in [0, 0.1) is 0 Å². The van der Waals surface area contributed by atoms with Crippen LogP contribution in [0.1, 0.15) is 13.3 Å². The number of hydrogen-bond donors (Lipinski definition) is 3. The minimum atomic E-state index is -3.58. The molecule has 1 aromatic heterocycles. The molecule has 0 aliphatic heterocycles. The number of carbonyl (C=O) groups excluding carboxylic acids is 1. The maximum atomic E-state index is 11.5. The summed E-state index contributed by atoms with van der Waals surface area (Å²) in [5.74, 6) is -0.185. The van der Waals surface area contributed by atoms with E-state index in [0.717, 1.165) is 0 Å². The molecule has 0 saturated heterocycles. The molecule has 1 heterocycles. The number of sulfonamides is 1. The second-order valence-electron chi connectivity index (χ2n) is 3.02. The van der Waals surface area contributed by atoms with Crippen molar-refractivity contribution in [3.8, 4) is 0 Å². The number of amides is 1. The molecule has 7 nitrogen and oxygen atoms in total. The van der Waals surface area contributed by atoms with E-state index in [0.29, 0.717) is 6.54 Å². The van der Waals surface area contributed by atoms with Gasteiger partial charge in [-0.1, -0.05) is 0 Å². The van der Waals surface area contributed by atoms with Gasteiger partial charge in [-0.15, -0.1) is 0 Å². The van der Waals surface area contributed by atoms with Gasteiger partial charge in [0.05, 0.1) is 6.20 Å². The molecule has 1 rings (SSSR count). The zero-order valence-corrected chi connectivity index (χ0v) is 9.67. The highest BCUT2D eigenvalue weighted by molar-refractivity contribution is 7.89. The first-order chi connectivity index (χ1) is 7.56. The van der Waals surface area contributed by atoms with Crippen molar-refractivity contribution in [2.75, 3.05) is 13.1 Å². The third-order valence-corrected chi connectivity index (χ3v) is 3.17. The summed E-state index contributed by atoms with van der Waals surface area (Å²) < 4.78 is 25.3. The molecule has 0 unspecified atom stereocenters. The van der Waals surface area contributed by atoms with E-state index in [-0.39, 0.29) is 23.9 Å². The van der Waals surface area contributed by atoms with Gasteiger partial charge in [0.1, 0.15) is 0 Å². The van der Waals surface area contributed by atoms with Gasteiger partial charge in [-0.05, 0) is 13.0 Å². The second kappa shape index (κ2) is 5.61. The molecular formula is C8H14N4O3S. The quantitative estimate of drug-likeness (QED) is 0.612. The maximum Gasteiger partial charge on any atom is 0.257 e. The molecule has 3 N–H and O–H groups in total. The van der Waals surface area contributed by atoms with Crippen LogP contribution >= 0.6 is 0 Å². The molecule has 0 bridgehead atoms. The van der Waals surface area contributed by atoms with Crippen LogP contribution in [-0.4, -0.2) is 37.6 Å². The summed E-state index contributed by atoms with van der Waals surface area (Å²) in [6, 6.07) is 1.34. The summed E-state index contributed by atoms with van der Waals surface area (Å²) in [5.41, 5.74) is 0. The van der Waals surface area contributed by atoms with Gasteiger partial charge in [-0.2, -0.15) is 5.10 Å². The zero-order chi connectivity index (χ0) is 12.0. The SMILES string of the molecule is CCNC(=O)CCNS(=O)(=O)c1ccn[nH]1. The van der Waals surface area contributed by atoms with Crippen LogP contribution in [0.15, 0.2) is 17.3 Å². The Morgan fingerprint density at radius 3 is 2.88 bits per heavy atom. The summed E-state index contributed by atoms with van der Waals surface area (Å²) in [4.78, 5) is 11.0. The standard InChI is InChI=1S/C8H14N4O3S/c1-2-9-7(13)3-6-11-16(14,15)8-4-5-10-12-8/h4-5,11H,2-3,6H2,1H3,(H,9,13)(H,10,12). The van der Waals surface area contributed by atoms with E-state index in [1.807, 2.05) is 0 Å². The third-order valence-electron chi connectivity index (χ3n) is 1.78. The number of aromatic amines is 1. The van der Waals surface area contributed by atoms with E-state index < -0.39 is 10.0 Å². The summed E-state index contributed by atoms with van der Waals surface area (Å²) in [6.45, 7) is 2.39. The van der Waals surface area contributed by atoms with Crippen LogP contribution in [0.2, 0.25) is 0 Å². The van der Waals surface area contributed by atoms with Gasteiger partial charge in [0.15, 0.2) is 5.03 Å².